The van der Waals surface area contributed by atoms with Crippen molar-refractivity contribution >= 4 is 34.3 Å². The summed E-state index contributed by atoms with van der Waals surface area (Å²) in [6.07, 6.45) is 1.82. The van der Waals surface area contributed by atoms with Crippen LogP contribution in [0.25, 0.3) is 10.9 Å². The predicted octanol–water partition coefficient (Wildman–Crippen LogP) is 2.74. The Bertz CT molecular complexity index is 951. The van der Waals surface area contributed by atoms with Crippen LogP contribution in [-0.4, -0.2) is 30.0 Å². The fraction of sp³-hybridized carbons (Fsp3) is 0.200. The van der Waals surface area contributed by atoms with Gasteiger partial charge in [-0.05, 0) is 41.3 Å². The number of hydrogen-bond acceptors (Lipinski definition) is 3. The smallest absolute Gasteiger partial charge is 0.240 e. The first-order chi connectivity index (χ1) is 13.0. The molecule has 0 aliphatic rings. The van der Waals surface area contributed by atoms with Gasteiger partial charge in [-0.2, -0.15) is 0 Å². The number of benzene rings is 2. The molecule has 0 bridgehead atoms. The first kappa shape index (κ1) is 18.8. The van der Waals surface area contributed by atoms with Gasteiger partial charge in [-0.3, -0.25) is 9.59 Å². The van der Waals surface area contributed by atoms with Crippen LogP contribution in [0.2, 0.25) is 5.02 Å². The minimum absolute atomic E-state index is 0.0745. The van der Waals surface area contributed by atoms with Crippen LogP contribution < -0.4 is 15.4 Å². The van der Waals surface area contributed by atoms with Crippen molar-refractivity contribution in [1.29, 1.82) is 0 Å². The fourth-order valence-electron chi connectivity index (χ4n) is 2.69. The monoisotopic (exact) mass is 385 g/mol. The highest BCUT2D eigenvalue weighted by Crippen LogP contribution is 2.20. The van der Waals surface area contributed by atoms with E-state index in [1.54, 1.807) is 17.7 Å². The van der Waals surface area contributed by atoms with Crippen LogP contribution >= 0.6 is 11.6 Å². The molecule has 0 aliphatic heterocycles. The molecule has 1 aromatic heterocycles. The van der Waals surface area contributed by atoms with Gasteiger partial charge in [0.15, 0.2) is 0 Å². The number of fused-ring (bicyclic) bond motifs is 1. The van der Waals surface area contributed by atoms with Gasteiger partial charge in [0.1, 0.15) is 12.3 Å². The van der Waals surface area contributed by atoms with Crippen LogP contribution in [0, 0.1) is 0 Å². The topological polar surface area (TPSA) is 72.4 Å². The Balaban J connectivity index is 1.46. The number of amides is 2. The molecule has 2 N–H and O–H groups in total. The van der Waals surface area contributed by atoms with E-state index in [0.29, 0.717) is 11.6 Å². The zero-order chi connectivity index (χ0) is 19.2. The van der Waals surface area contributed by atoms with E-state index in [4.69, 9.17) is 16.3 Å². The molecular weight excluding hydrogens is 366 g/mol. The van der Waals surface area contributed by atoms with Gasteiger partial charge in [-0.1, -0.05) is 29.8 Å². The van der Waals surface area contributed by atoms with Crippen molar-refractivity contribution < 1.29 is 14.3 Å². The largest absolute Gasteiger partial charge is 0.497 e. The maximum atomic E-state index is 12.1. The van der Waals surface area contributed by atoms with E-state index < -0.39 is 0 Å². The van der Waals surface area contributed by atoms with Crippen molar-refractivity contribution in [2.75, 3.05) is 13.7 Å². The molecule has 2 aromatic carbocycles. The number of methoxy groups -OCH3 is 1. The maximum absolute atomic E-state index is 12.1. The van der Waals surface area contributed by atoms with E-state index >= 15 is 0 Å². The van der Waals surface area contributed by atoms with Gasteiger partial charge in [0.2, 0.25) is 11.8 Å². The Hall–Kier alpha value is -2.99. The first-order valence-corrected chi connectivity index (χ1v) is 8.83. The standard InChI is InChI=1S/C20H20ClN3O3/c1-27-17-6-2-14(3-7-17)11-22-19(25)12-23-20(26)13-24-9-8-15-4-5-16(21)10-18(15)24/h2-10H,11-13H2,1H3,(H,22,25)(H,23,26). The van der Waals surface area contributed by atoms with Crippen LogP contribution in [0.15, 0.2) is 54.7 Å². The molecule has 0 aliphatic carbocycles. The summed E-state index contributed by atoms with van der Waals surface area (Å²) in [4.78, 5) is 24.1. The Morgan fingerprint density at radius 2 is 1.81 bits per heavy atom. The second-order valence-electron chi connectivity index (χ2n) is 6.05. The van der Waals surface area contributed by atoms with Gasteiger partial charge in [0.05, 0.1) is 13.7 Å². The lowest BCUT2D eigenvalue weighted by Gasteiger charge is -2.09. The number of hydrogen-bond donors (Lipinski definition) is 2. The summed E-state index contributed by atoms with van der Waals surface area (Å²) < 4.78 is 6.89. The molecular formula is C20H20ClN3O3. The highest BCUT2D eigenvalue weighted by molar-refractivity contribution is 6.31. The molecule has 0 saturated carbocycles. The number of nitrogens with zero attached hydrogens (tertiary/aromatic N) is 1. The van der Waals surface area contributed by atoms with Crippen molar-refractivity contribution in [2.45, 2.75) is 13.1 Å². The summed E-state index contributed by atoms with van der Waals surface area (Å²) >= 11 is 6.02. The number of aromatic nitrogens is 1. The molecule has 6 nitrogen and oxygen atoms in total. The van der Waals surface area contributed by atoms with E-state index in [-0.39, 0.29) is 24.9 Å². The van der Waals surface area contributed by atoms with Gasteiger partial charge >= 0.3 is 0 Å². The van der Waals surface area contributed by atoms with Crippen LogP contribution in [0.4, 0.5) is 0 Å². The predicted molar refractivity (Wildman–Crippen MR) is 105 cm³/mol. The van der Waals surface area contributed by atoms with Gasteiger partial charge in [0.25, 0.3) is 0 Å². The highest BCUT2D eigenvalue weighted by atomic mass is 35.5. The lowest BCUT2D eigenvalue weighted by atomic mass is 10.2. The summed E-state index contributed by atoms with van der Waals surface area (Å²) in [5.41, 5.74) is 1.83. The SMILES string of the molecule is COc1ccc(CNC(=O)CNC(=O)Cn2ccc3ccc(Cl)cc32)cc1. The summed E-state index contributed by atoms with van der Waals surface area (Å²) in [7, 11) is 1.60. The van der Waals surface area contributed by atoms with Gasteiger partial charge in [0, 0.05) is 23.3 Å². The molecule has 0 saturated heterocycles. The fourth-order valence-corrected chi connectivity index (χ4v) is 2.86. The third kappa shape index (κ3) is 5.01. The summed E-state index contributed by atoms with van der Waals surface area (Å²) in [6, 6.07) is 14.8. The quantitative estimate of drug-likeness (QED) is 0.656. The maximum Gasteiger partial charge on any atom is 0.240 e. The van der Waals surface area contributed by atoms with E-state index in [9.17, 15) is 9.59 Å². The molecule has 3 rings (SSSR count). The molecule has 0 atom stereocenters. The molecule has 1 heterocycles. The Labute approximate surface area is 162 Å². The van der Waals surface area contributed by atoms with Crippen LogP contribution in [0.1, 0.15) is 5.56 Å². The third-order valence-electron chi connectivity index (χ3n) is 4.14. The van der Waals surface area contributed by atoms with E-state index in [1.807, 2.05) is 48.7 Å². The summed E-state index contributed by atoms with van der Waals surface area (Å²) in [5.74, 6) is 0.266. The molecule has 0 fully saturated rings. The van der Waals surface area contributed by atoms with E-state index in [2.05, 4.69) is 10.6 Å². The number of carbonyl (C=O) groups excluding carboxylic acids is 2. The van der Waals surface area contributed by atoms with Crippen molar-refractivity contribution in [2.24, 2.45) is 0 Å². The third-order valence-corrected chi connectivity index (χ3v) is 4.38. The average Bonchev–Trinajstić information content (AvgIpc) is 3.07. The lowest BCUT2D eigenvalue weighted by Crippen LogP contribution is -2.37. The van der Waals surface area contributed by atoms with Crippen LogP contribution in [0.3, 0.4) is 0 Å². The Morgan fingerprint density at radius 1 is 1.04 bits per heavy atom. The zero-order valence-electron chi connectivity index (χ0n) is 14.9. The van der Waals surface area contributed by atoms with Gasteiger partial charge in [-0.25, -0.2) is 0 Å². The zero-order valence-corrected chi connectivity index (χ0v) is 15.6. The first-order valence-electron chi connectivity index (χ1n) is 8.46. The normalized spacial score (nSPS) is 10.6. The van der Waals surface area contributed by atoms with E-state index in [0.717, 1.165) is 22.2 Å². The van der Waals surface area contributed by atoms with Crippen LogP contribution in [-0.2, 0) is 22.7 Å². The molecule has 3 aromatic rings. The molecule has 0 spiro atoms. The summed E-state index contributed by atoms with van der Waals surface area (Å²) in [6.45, 7) is 0.435. The van der Waals surface area contributed by atoms with Crippen molar-refractivity contribution in [3.63, 3.8) is 0 Å². The average molecular weight is 386 g/mol. The summed E-state index contributed by atoms with van der Waals surface area (Å²) in [5, 5.41) is 7.01. The van der Waals surface area contributed by atoms with Gasteiger partial charge in [-0.15, -0.1) is 0 Å². The molecule has 140 valence electrons. The number of nitrogens with one attached hydrogen (secondary N) is 2. The Morgan fingerprint density at radius 3 is 2.56 bits per heavy atom. The molecule has 27 heavy (non-hydrogen) atoms. The van der Waals surface area contributed by atoms with Crippen molar-refractivity contribution in [3.05, 3.63) is 65.3 Å². The van der Waals surface area contributed by atoms with Crippen LogP contribution in [0.5, 0.6) is 5.75 Å². The minimum atomic E-state index is -0.250. The molecule has 0 unspecified atom stereocenters. The second kappa shape index (κ2) is 8.60. The molecule has 2 amide bonds. The van der Waals surface area contributed by atoms with Crippen molar-refractivity contribution in [3.8, 4) is 5.75 Å². The number of halogens is 1. The minimum Gasteiger partial charge on any atom is -0.497 e. The number of ether oxygens (including phenoxy) is 1. The Kier molecular flexibility index (Phi) is 5.98. The lowest BCUT2D eigenvalue weighted by molar-refractivity contribution is -0.126. The second-order valence-corrected chi connectivity index (χ2v) is 6.48. The molecule has 7 heteroatoms. The van der Waals surface area contributed by atoms with Gasteiger partial charge < -0.3 is 19.9 Å². The number of carbonyl (C=O) groups is 2. The highest BCUT2D eigenvalue weighted by Gasteiger charge is 2.09. The number of rotatable bonds is 7. The molecule has 0 radical (unpaired) electrons. The van der Waals surface area contributed by atoms with Crippen molar-refractivity contribution in [1.82, 2.24) is 15.2 Å². The van der Waals surface area contributed by atoms with E-state index in [1.165, 1.54) is 0 Å².